The van der Waals surface area contributed by atoms with Gasteiger partial charge >= 0.3 is 0 Å². The molecule has 0 radical (unpaired) electrons. The Labute approximate surface area is 97.6 Å². The number of aryl methyl sites for hydroxylation is 1. The Balaban J connectivity index is 2.21. The van der Waals surface area contributed by atoms with Crippen molar-refractivity contribution in [2.75, 3.05) is 25.6 Å². The first-order valence-corrected chi connectivity index (χ1v) is 5.80. The molecule has 0 aromatic heterocycles. The number of hydrogen-bond acceptors (Lipinski definition) is 3. The zero-order chi connectivity index (χ0) is 11.8. The van der Waals surface area contributed by atoms with Crippen LogP contribution in [0.15, 0.2) is 18.2 Å². The minimum Gasteiger partial charge on any atom is -0.491 e. The molecule has 3 nitrogen and oxygen atoms in total. The fraction of sp³-hybridized carbons (Fsp3) is 0.538. The molecule has 0 atom stereocenters. The van der Waals surface area contributed by atoms with Crippen molar-refractivity contribution in [2.45, 2.75) is 26.7 Å². The maximum absolute atomic E-state index is 5.72. The molecule has 90 valence electrons. The molecule has 0 heterocycles. The van der Waals surface area contributed by atoms with Crippen LogP contribution in [-0.2, 0) is 4.74 Å². The normalized spacial score (nSPS) is 10.4. The second kappa shape index (κ2) is 7.12. The van der Waals surface area contributed by atoms with Crippen molar-refractivity contribution in [3.8, 4) is 5.75 Å². The largest absolute Gasteiger partial charge is 0.491 e. The number of unbranched alkanes of at least 4 members (excludes halogenated alkanes) is 1. The lowest BCUT2D eigenvalue weighted by Gasteiger charge is -2.08. The smallest absolute Gasteiger partial charge is 0.121 e. The number of hydrogen-bond donors (Lipinski definition) is 1. The molecule has 1 aromatic carbocycles. The molecule has 0 saturated heterocycles. The molecule has 16 heavy (non-hydrogen) atoms. The lowest BCUT2D eigenvalue weighted by molar-refractivity contribution is 0.0980. The molecule has 0 aliphatic rings. The number of anilines is 1. The van der Waals surface area contributed by atoms with E-state index in [9.17, 15) is 0 Å². The van der Waals surface area contributed by atoms with E-state index in [2.05, 4.69) is 6.92 Å². The lowest BCUT2D eigenvalue weighted by Crippen LogP contribution is -2.07. The zero-order valence-electron chi connectivity index (χ0n) is 10.2. The standard InChI is InChI=1S/C13H21NO2/c1-3-4-5-15-6-7-16-13-9-11(2)8-12(14)10-13/h8-10H,3-7,14H2,1-2H3. The van der Waals surface area contributed by atoms with Crippen LogP contribution in [0.4, 0.5) is 5.69 Å². The summed E-state index contributed by atoms with van der Waals surface area (Å²) < 4.78 is 10.9. The van der Waals surface area contributed by atoms with Crippen molar-refractivity contribution >= 4 is 5.69 Å². The van der Waals surface area contributed by atoms with E-state index in [0.29, 0.717) is 13.2 Å². The first-order valence-electron chi connectivity index (χ1n) is 5.80. The summed E-state index contributed by atoms with van der Waals surface area (Å²) in [6.45, 7) is 6.17. The van der Waals surface area contributed by atoms with Gasteiger partial charge in [-0.2, -0.15) is 0 Å². The maximum Gasteiger partial charge on any atom is 0.121 e. The van der Waals surface area contributed by atoms with E-state index in [1.54, 1.807) is 0 Å². The highest BCUT2D eigenvalue weighted by atomic mass is 16.5. The van der Waals surface area contributed by atoms with E-state index in [1.165, 1.54) is 0 Å². The highest BCUT2D eigenvalue weighted by Gasteiger charge is 1.97. The first-order chi connectivity index (χ1) is 7.72. The Kier molecular flexibility index (Phi) is 5.72. The van der Waals surface area contributed by atoms with Crippen LogP contribution in [0.1, 0.15) is 25.3 Å². The Bertz CT molecular complexity index is 293. The lowest BCUT2D eigenvalue weighted by atomic mass is 10.2. The minimum absolute atomic E-state index is 0.576. The molecule has 0 aliphatic heterocycles. The summed E-state index contributed by atoms with van der Waals surface area (Å²) in [5.74, 6) is 0.816. The van der Waals surface area contributed by atoms with Crippen LogP contribution >= 0.6 is 0 Å². The first kappa shape index (κ1) is 12.8. The number of benzene rings is 1. The van der Waals surface area contributed by atoms with Gasteiger partial charge < -0.3 is 15.2 Å². The van der Waals surface area contributed by atoms with Gasteiger partial charge in [-0.25, -0.2) is 0 Å². The van der Waals surface area contributed by atoms with Gasteiger partial charge in [0.15, 0.2) is 0 Å². The fourth-order valence-corrected chi connectivity index (χ4v) is 1.43. The Morgan fingerprint density at radius 1 is 1.12 bits per heavy atom. The third-order valence-electron chi connectivity index (χ3n) is 2.21. The molecule has 0 saturated carbocycles. The topological polar surface area (TPSA) is 44.5 Å². The van der Waals surface area contributed by atoms with Gasteiger partial charge in [-0.3, -0.25) is 0 Å². The summed E-state index contributed by atoms with van der Waals surface area (Å²) in [6, 6.07) is 5.73. The van der Waals surface area contributed by atoms with Crippen molar-refractivity contribution in [2.24, 2.45) is 0 Å². The molecule has 2 N–H and O–H groups in total. The average molecular weight is 223 g/mol. The molecule has 0 amide bonds. The Morgan fingerprint density at radius 2 is 1.94 bits per heavy atom. The van der Waals surface area contributed by atoms with Crippen LogP contribution in [0.3, 0.4) is 0 Å². The summed E-state index contributed by atoms with van der Waals surface area (Å²) in [5.41, 5.74) is 7.57. The fourth-order valence-electron chi connectivity index (χ4n) is 1.43. The van der Waals surface area contributed by atoms with Gasteiger partial charge in [-0.15, -0.1) is 0 Å². The third kappa shape index (κ3) is 5.03. The summed E-state index contributed by atoms with van der Waals surface area (Å²) in [7, 11) is 0. The molecule has 0 spiro atoms. The molecule has 3 heteroatoms. The van der Waals surface area contributed by atoms with E-state index in [0.717, 1.165) is 36.4 Å². The number of ether oxygens (including phenoxy) is 2. The molecular weight excluding hydrogens is 202 g/mol. The van der Waals surface area contributed by atoms with Crippen molar-refractivity contribution in [1.29, 1.82) is 0 Å². The van der Waals surface area contributed by atoms with Crippen LogP contribution in [0, 0.1) is 6.92 Å². The number of rotatable bonds is 7. The van der Waals surface area contributed by atoms with E-state index in [4.69, 9.17) is 15.2 Å². The van der Waals surface area contributed by atoms with Crippen molar-refractivity contribution < 1.29 is 9.47 Å². The average Bonchev–Trinajstić information content (AvgIpc) is 2.22. The highest BCUT2D eigenvalue weighted by molar-refractivity contribution is 5.47. The second-order valence-electron chi connectivity index (χ2n) is 3.89. The van der Waals surface area contributed by atoms with Crippen molar-refractivity contribution in [1.82, 2.24) is 0 Å². The molecule has 0 unspecified atom stereocenters. The van der Waals surface area contributed by atoms with Crippen LogP contribution in [0.5, 0.6) is 5.75 Å². The summed E-state index contributed by atoms with van der Waals surface area (Å²) in [4.78, 5) is 0. The minimum atomic E-state index is 0.576. The summed E-state index contributed by atoms with van der Waals surface area (Å²) in [5, 5.41) is 0. The Morgan fingerprint density at radius 3 is 2.62 bits per heavy atom. The molecular formula is C13H21NO2. The maximum atomic E-state index is 5.72. The molecule has 1 aromatic rings. The number of nitrogen functional groups attached to an aromatic ring is 1. The van der Waals surface area contributed by atoms with E-state index >= 15 is 0 Å². The summed E-state index contributed by atoms with van der Waals surface area (Å²) in [6.07, 6.45) is 2.27. The van der Waals surface area contributed by atoms with E-state index in [-0.39, 0.29) is 0 Å². The monoisotopic (exact) mass is 223 g/mol. The van der Waals surface area contributed by atoms with Gasteiger partial charge in [0.1, 0.15) is 12.4 Å². The number of nitrogens with two attached hydrogens (primary N) is 1. The van der Waals surface area contributed by atoms with Crippen LogP contribution in [-0.4, -0.2) is 19.8 Å². The SMILES string of the molecule is CCCCOCCOc1cc(C)cc(N)c1. The van der Waals surface area contributed by atoms with Gasteiger partial charge in [-0.05, 0) is 31.0 Å². The van der Waals surface area contributed by atoms with Gasteiger partial charge in [0.25, 0.3) is 0 Å². The third-order valence-corrected chi connectivity index (χ3v) is 2.21. The van der Waals surface area contributed by atoms with Crippen LogP contribution in [0.25, 0.3) is 0 Å². The van der Waals surface area contributed by atoms with Gasteiger partial charge in [0.05, 0.1) is 6.61 Å². The molecule has 0 fully saturated rings. The van der Waals surface area contributed by atoms with Gasteiger partial charge in [-0.1, -0.05) is 13.3 Å². The van der Waals surface area contributed by atoms with E-state index < -0.39 is 0 Å². The molecule has 1 rings (SSSR count). The summed E-state index contributed by atoms with van der Waals surface area (Å²) >= 11 is 0. The second-order valence-corrected chi connectivity index (χ2v) is 3.89. The Hall–Kier alpha value is -1.22. The van der Waals surface area contributed by atoms with Gasteiger partial charge in [0, 0.05) is 18.4 Å². The quantitative estimate of drug-likeness (QED) is 0.571. The van der Waals surface area contributed by atoms with Crippen molar-refractivity contribution in [3.63, 3.8) is 0 Å². The predicted molar refractivity (Wildman–Crippen MR) is 66.8 cm³/mol. The predicted octanol–water partition coefficient (Wildman–Crippen LogP) is 2.77. The molecule has 0 aliphatic carbocycles. The van der Waals surface area contributed by atoms with Crippen LogP contribution in [0.2, 0.25) is 0 Å². The zero-order valence-corrected chi connectivity index (χ0v) is 10.2. The van der Waals surface area contributed by atoms with Crippen molar-refractivity contribution in [3.05, 3.63) is 23.8 Å². The van der Waals surface area contributed by atoms with Gasteiger partial charge in [0.2, 0.25) is 0 Å². The van der Waals surface area contributed by atoms with E-state index in [1.807, 2.05) is 25.1 Å². The van der Waals surface area contributed by atoms with Crippen LogP contribution < -0.4 is 10.5 Å². The highest BCUT2D eigenvalue weighted by Crippen LogP contribution is 2.17. The molecule has 0 bridgehead atoms.